The van der Waals surface area contributed by atoms with Gasteiger partial charge in [-0.05, 0) is 59.2 Å². The summed E-state index contributed by atoms with van der Waals surface area (Å²) in [7, 11) is 0. The minimum atomic E-state index is -1.62. The number of halogens is 4. The van der Waals surface area contributed by atoms with Gasteiger partial charge in [0, 0.05) is 11.1 Å². The van der Waals surface area contributed by atoms with Gasteiger partial charge in [0.25, 0.3) is 0 Å². The van der Waals surface area contributed by atoms with E-state index in [0.717, 1.165) is 12.8 Å². The molecule has 0 heterocycles. The Hall–Kier alpha value is -1.32. The molecule has 2 spiro atoms. The zero-order valence-corrected chi connectivity index (χ0v) is 11.5. The van der Waals surface area contributed by atoms with Gasteiger partial charge < -0.3 is 0 Å². The van der Waals surface area contributed by atoms with Gasteiger partial charge >= 0.3 is 0 Å². The molecule has 0 aromatic heterocycles. The van der Waals surface area contributed by atoms with E-state index in [-0.39, 0.29) is 33.8 Å². The highest BCUT2D eigenvalue weighted by molar-refractivity contribution is 5.63. The van der Waals surface area contributed by atoms with Gasteiger partial charge in [0.05, 0.1) is 0 Å². The molecule has 4 heteroatoms. The topological polar surface area (TPSA) is 0 Å². The van der Waals surface area contributed by atoms with E-state index in [9.17, 15) is 17.6 Å². The molecule has 22 heavy (non-hydrogen) atoms. The third-order valence-electron chi connectivity index (χ3n) is 8.64. The second kappa shape index (κ2) is 2.67. The first-order valence-electron chi connectivity index (χ1n) is 8.09. The Morgan fingerprint density at radius 2 is 1.09 bits per heavy atom. The van der Waals surface area contributed by atoms with Gasteiger partial charge in [-0.3, -0.25) is 0 Å². The van der Waals surface area contributed by atoms with Crippen LogP contribution in [0.1, 0.15) is 35.8 Å². The fourth-order valence-electron chi connectivity index (χ4n) is 8.60. The second-order valence-corrected chi connectivity index (χ2v) is 8.21. The highest BCUT2D eigenvalue weighted by Gasteiger charge is 3.01. The van der Waals surface area contributed by atoms with Crippen LogP contribution in [0.15, 0.2) is 12.2 Å². The first-order valence-corrected chi connectivity index (χ1v) is 8.09. The molecule has 0 radical (unpaired) electrons. The van der Waals surface area contributed by atoms with Crippen molar-refractivity contribution in [3.05, 3.63) is 46.5 Å². The van der Waals surface area contributed by atoms with E-state index in [4.69, 9.17) is 0 Å². The van der Waals surface area contributed by atoms with Crippen molar-refractivity contribution in [2.45, 2.75) is 24.7 Å². The van der Waals surface area contributed by atoms with Gasteiger partial charge in [-0.2, -0.15) is 0 Å². The summed E-state index contributed by atoms with van der Waals surface area (Å²) in [6, 6.07) is 0. The van der Waals surface area contributed by atoms with Crippen molar-refractivity contribution in [3.63, 3.8) is 0 Å². The van der Waals surface area contributed by atoms with Crippen LogP contribution in [0.2, 0.25) is 0 Å². The molecule has 0 saturated heterocycles. The van der Waals surface area contributed by atoms with Crippen LogP contribution >= 0.6 is 0 Å². The van der Waals surface area contributed by atoms with Crippen molar-refractivity contribution in [2.24, 2.45) is 34.5 Å². The minimum absolute atomic E-state index is 0.0288. The third-order valence-corrected chi connectivity index (χ3v) is 8.64. The molecular weight excluding hydrogens is 292 g/mol. The van der Waals surface area contributed by atoms with E-state index >= 15 is 0 Å². The van der Waals surface area contributed by atoms with Crippen molar-refractivity contribution in [3.8, 4) is 0 Å². The molecule has 1 aromatic rings. The highest BCUT2D eigenvalue weighted by Crippen LogP contribution is 3.06. The second-order valence-electron chi connectivity index (χ2n) is 8.21. The number of allylic oxidation sites excluding steroid dienone is 2. The van der Waals surface area contributed by atoms with E-state index in [1.165, 1.54) is 0 Å². The average molecular weight is 304 g/mol. The lowest BCUT2D eigenvalue weighted by molar-refractivity contribution is -0.516. The van der Waals surface area contributed by atoms with Crippen molar-refractivity contribution < 1.29 is 17.6 Å². The molecule has 0 nitrogen and oxygen atoms in total. The monoisotopic (exact) mass is 304 g/mol. The van der Waals surface area contributed by atoms with Gasteiger partial charge in [0.2, 0.25) is 0 Å². The van der Waals surface area contributed by atoms with E-state index in [1.54, 1.807) is 0 Å². The predicted molar refractivity (Wildman–Crippen MR) is 69.0 cm³/mol. The fraction of sp³-hybridized carbons (Fsp3) is 0.556. The van der Waals surface area contributed by atoms with E-state index in [0.29, 0.717) is 23.7 Å². The molecule has 4 fully saturated rings. The lowest BCUT2D eigenvalue weighted by Crippen LogP contribution is -2.98. The lowest BCUT2D eigenvalue weighted by Gasteiger charge is -3.03. The summed E-state index contributed by atoms with van der Waals surface area (Å²) < 4.78 is 56.5. The zero-order chi connectivity index (χ0) is 14.8. The van der Waals surface area contributed by atoms with Crippen LogP contribution in [-0.2, 0) is 0 Å². The van der Waals surface area contributed by atoms with Gasteiger partial charge in [-0.15, -0.1) is 0 Å². The third kappa shape index (κ3) is 0.625. The molecule has 0 N–H and O–H groups in total. The summed E-state index contributed by atoms with van der Waals surface area (Å²) in [5, 5.41) is 0. The van der Waals surface area contributed by atoms with Crippen LogP contribution in [-0.4, -0.2) is 0 Å². The number of benzene rings is 1. The molecule has 2 bridgehead atoms. The predicted octanol–water partition coefficient (Wildman–Crippen LogP) is 4.27. The summed E-state index contributed by atoms with van der Waals surface area (Å²) in [6.45, 7) is 0. The molecule has 0 unspecified atom stereocenters. The number of hydrogen-bond acceptors (Lipinski definition) is 0. The van der Waals surface area contributed by atoms with E-state index in [2.05, 4.69) is 12.2 Å². The van der Waals surface area contributed by atoms with Crippen LogP contribution in [0.4, 0.5) is 17.6 Å². The summed E-state index contributed by atoms with van der Waals surface area (Å²) >= 11 is 0. The first kappa shape index (κ1) is 11.3. The van der Waals surface area contributed by atoms with Crippen LogP contribution in [0.3, 0.4) is 0 Å². The summed E-state index contributed by atoms with van der Waals surface area (Å²) in [4.78, 5) is 0. The molecule has 0 amide bonds. The van der Waals surface area contributed by atoms with Crippen molar-refractivity contribution in [1.82, 2.24) is 0 Å². The molecule has 4 saturated carbocycles. The maximum atomic E-state index is 14.5. The molecule has 8 atom stereocenters. The number of hydrogen-bond donors (Lipinski definition) is 0. The minimum Gasteiger partial charge on any atom is -0.203 e. The lowest BCUT2D eigenvalue weighted by atomic mass is 9.00. The fourth-order valence-corrected chi connectivity index (χ4v) is 8.60. The quantitative estimate of drug-likeness (QED) is 0.291. The van der Waals surface area contributed by atoms with Crippen molar-refractivity contribution in [2.75, 3.05) is 0 Å². The molecule has 1 aromatic carbocycles. The Kier molecular flexibility index (Phi) is 1.37. The van der Waals surface area contributed by atoms with E-state index < -0.39 is 23.3 Å². The Morgan fingerprint density at radius 3 is 1.50 bits per heavy atom. The van der Waals surface area contributed by atoms with Crippen LogP contribution in [0.25, 0.3) is 0 Å². The Morgan fingerprint density at radius 1 is 0.682 bits per heavy atom. The molecule has 0 aliphatic heterocycles. The van der Waals surface area contributed by atoms with Gasteiger partial charge in [0.15, 0.2) is 23.3 Å². The molecule has 7 aliphatic carbocycles. The number of rotatable bonds is 0. The van der Waals surface area contributed by atoms with Crippen LogP contribution < -0.4 is 0 Å². The SMILES string of the molecule is Fc1c(F)c(F)c2c(c1F)[C@H]1[C@@H]3[C@H]4[C@@H]5[C@H]3[C@@]13CC=CC[C@]53[C@@H]24. The summed E-state index contributed by atoms with van der Waals surface area (Å²) in [5.74, 6) is -3.58. The average Bonchev–Trinajstić information content (AvgIpc) is 2.50. The maximum absolute atomic E-state index is 14.5. The standard InChI is InChI=1S/C18H12F4/c19-13-7-8(14(20)16(22)15(13)21)10-6-5-9(7)17-3-1-2-4-18(10,17)12(6)11(5)17/h1-2,5-6,9-12H,3-4H2/t5-,6+,9-,10-,11-,12+,17+,18-/m1/s1. The van der Waals surface area contributed by atoms with Gasteiger partial charge in [-0.1, -0.05) is 12.2 Å². The van der Waals surface area contributed by atoms with Gasteiger partial charge in [-0.25, -0.2) is 17.6 Å². The smallest absolute Gasteiger partial charge is 0.197 e. The van der Waals surface area contributed by atoms with Crippen molar-refractivity contribution in [1.29, 1.82) is 0 Å². The Labute approximate surface area is 124 Å². The van der Waals surface area contributed by atoms with Gasteiger partial charge in [0.1, 0.15) is 0 Å². The molecule has 8 rings (SSSR count). The maximum Gasteiger partial charge on any atom is 0.197 e. The Bertz CT molecular complexity index is 788. The zero-order valence-electron chi connectivity index (χ0n) is 11.5. The Balaban J connectivity index is 1.62. The van der Waals surface area contributed by atoms with Crippen LogP contribution in [0, 0.1) is 57.8 Å². The molecule has 112 valence electrons. The highest BCUT2D eigenvalue weighted by atomic mass is 19.2. The summed E-state index contributed by atoms with van der Waals surface area (Å²) in [5.41, 5.74) is 0.452. The normalized spacial score (nSPS) is 56.0. The summed E-state index contributed by atoms with van der Waals surface area (Å²) in [6.07, 6.45) is 6.12. The molecular formula is C18H12F4. The van der Waals surface area contributed by atoms with E-state index in [1.807, 2.05) is 0 Å². The van der Waals surface area contributed by atoms with Crippen molar-refractivity contribution >= 4 is 0 Å². The van der Waals surface area contributed by atoms with Crippen LogP contribution in [0.5, 0.6) is 0 Å². The largest absolute Gasteiger partial charge is 0.203 e. The first-order chi connectivity index (χ1) is 10.6. The molecule has 7 aliphatic rings.